The highest BCUT2D eigenvalue weighted by Crippen LogP contribution is 2.08. The van der Waals surface area contributed by atoms with Crippen molar-refractivity contribution in [2.24, 2.45) is 0 Å². The first kappa shape index (κ1) is 10.5. The molecule has 3 nitrogen and oxygen atoms in total. The predicted octanol–water partition coefficient (Wildman–Crippen LogP) is 2.10. The molecule has 2 amide bonds. The van der Waals surface area contributed by atoms with Crippen molar-refractivity contribution in [3.05, 3.63) is 22.4 Å². The van der Waals surface area contributed by atoms with E-state index in [1.165, 1.54) is 5.56 Å². The Labute approximate surface area is 94.1 Å². The van der Waals surface area contributed by atoms with Crippen molar-refractivity contribution in [1.82, 2.24) is 10.2 Å². The average Bonchev–Trinajstić information content (AvgIpc) is 2.90. The molecule has 0 saturated carbocycles. The van der Waals surface area contributed by atoms with E-state index in [9.17, 15) is 4.79 Å². The molecule has 1 saturated heterocycles. The molecule has 1 aromatic heterocycles. The van der Waals surface area contributed by atoms with Crippen molar-refractivity contribution >= 4 is 17.4 Å². The summed E-state index contributed by atoms with van der Waals surface area (Å²) in [6.45, 7) is 2.58. The molecule has 1 fully saturated rings. The van der Waals surface area contributed by atoms with Crippen LogP contribution in [0.25, 0.3) is 0 Å². The zero-order valence-electron chi connectivity index (χ0n) is 8.74. The first-order valence-electron chi connectivity index (χ1n) is 5.40. The van der Waals surface area contributed by atoms with Crippen LogP contribution in [0.2, 0.25) is 0 Å². The smallest absolute Gasteiger partial charge is 0.317 e. The van der Waals surface area contributed by atoms with Gasteiger partial charge in [-0.25, -0.2) is 4.79 Å². The molecule has 4 heteroatoms. The predicted molar refractivity (Wildman–Crippen MR) is 62.2 cm³/mol. The molecule has 0 aromatic carbocycles. The molecule has 1 aromatic rings. The number of nitrogens with one attached hydrogen (secondary N) is 1. The minimum atomic E-state index is 0.0997. The van der Waals surface area contributed by atoms with E-state index in [0.717, 1.165) is 38.9 Å². The quantitative estimate of drug-likeness (QED) is 0.837. The Morgan fingerprint density at radius 2 is 2.27 bits per heavy atom. The number of carbonyl (C=O) groups excluding carboxylic acids is 1. The number of likely N-dealkylation sites (tertiary alicyclic amines) is 1. The third kappa shape index (κ3) is 2.96. The summed E-state index contributed by atoms with van der Waals surface area (Å²) in [7, 11) is 0. The van der Waals surface area contributed by atoms with Gasteiger partial charge in [0.1, 0.15) is 0 Å². The van der Waals surface area contributed by atoms with Crippen LogP contribution in [-0.2, 0) is 6.42 Å². The molecule has 2 rings (SSSR count). The second-order valence-electron chi connectivity index (χ2n) is 3.81. The van der Waals surface area contributed by atoms with E-state index in [1.54, 1.807) is 11.3 Å². The van der Waals surface area contributed by atoms with E-state index >= 15 is 0 Å². The first-order valence-corrected chi connectivity index (χ1v) is 6.34. The maximum absolute atomic E-state index is 11.6. The van der Waals surface area contributed by atoms with Gasteiger partial charge < -0.3 is 10.2 Å². The second kappa shape index (κ2) is 5.16. The molecule has 0 aliphatic carbocycles. The number of hydrogen-bond donors (Lipinski definition) is 1. The van der Waals surface area contributed by atoms with Gasteiger partial charge in [0.05, 0.1) is 0 Å². The highest BCUT2D eigenvalue weighted by molar-refractivity contribution is 7.07. The fraction of sp³-hybridized carbons (Fsp3) is 0.545. The Morgan fingerprint density at radius 3 is 2.93 bits per heavy atom. The summed E-state index contributed by atoms with van der Waals surface area (Å²) in [5.41, 5.74) is 1.31. The van der Waals surface area contributed by atoms with Gasteiger partial charge >= 0.3 is 6.03 Å². The SMILES string of the molecule is O=C(NCCc1ccsc1)N1CCCC1. The van der Waals surface area contributed by atoms with Crippen molar-refractivity contribution in [2.45, 2.75) is 19.3 Å². The molecule has 0 unspecified atom stereocenters. The van der Waals surface area contributed by atoms with E-state index in [4.69, 9.17) is 0 Å². The normalized spacial score (nSPS) is 15.6. The van der Waals surface area contributed by atoms with Crippen LogP contribution in [0.1, 0.15) is 18.4 Å². The van der Waals surface area contributed by atoms with Gasteiger partial charge in [0.15, 0.2) is 0 Å². The molecule has 0 radical (unpaired) electrons. The summed E-state index contributed by atoms with van der Waals surface area (Å²) in [6, 6.07) is 2.20. The molecule has 1 N–H and O–H groups in total. The van der Waals surface area contributed by atoms with E-state index in [0.29, 0.717) is 0 Å². The van der Waals surface area contributed by atoms with Crippen molar-refractivity contribution in [3.63, 3.8) is 0 Å². The van der Waals surface area contributed by atoms with Crippen LogP contribution in [0.4, 0.5) is 4.79 Å². The number of nitrogens with zero attached hydrogens (tertiary/aromatic N) is 1. The van der Waals surface area contributed by atoms with E-state index in [-0.39, 0.29) is 6.03 Å². The third-order valence-electron chi connectivity index (χ3n) is 2.66. The minimum absolute atomic E-state index is 0.0997. The summed E-state index contributed by atoms with van der Waals surface area (Å²) in [6.07, 6.45) is 3.24. The largest absolute Gasteiger partial charge is 0.338 e. The molecule has 1 aliphatic heterocycles. The van der Waals surface area contributed by atoms with Gasteiger partial charge in [-0.2, -0.15) is 11.3 Å². The lowest BCUT2D eigenvalue weighted by Crippen LogP contribution is -2.38. The molecule has 0 bridgehead atoms. The molecular formula is C11H16N2OS. The topological polar surface area (TPSA) is 32.3 Å². The van der Waals surface area contributed by atoms with Crippen LogP contribution in [-0.4, -0.2) is 30.6 Å². The summed E-state index contributed by atoms with van der Waals surface area (Å²) in [5.74, 6) is 0. The van der Waals surface area contributed by atoms with Gasteiger partial charge in [-0.3, -0.25) is 0 Å². The zero-order chi connectivity index (χ0) is 10.5. The number of carbonyl (C=O) groups is 1. The number of rotatable bonds is 3. The van der Waals surface area contributed by atoms with Gasteiger partial charge in [0, 0.05) is 19.6 Å². The highest BCUT2D eigenvalue weighted by atomic mass is 32.1. The van der Waals surface area contributed by atoms with Crippen LogP contribution in [0.3, 0.4) is 0 Å². The lowest BCUT2D eigenvalue weighted by Gasteiger charge is -2.15. The molecule has 2 heterocycles. The van der Waals surface area contributed by atoms with Gasteiger partial charge in [-0.05, 0) is 41.7 Å². The molecule has 82 valence electrons. The van der Waals surface area contributed by atoms with Crippen LogP contribution < -0.4 is 5.32 Å². The van der Waals surface area contributed by atoms with E-state index in [2.05, 4.69) is 22.1 Å². The van der Waals surface area contributed by atoms with Crippen molar-refractivity contribution < 1.29 is 4.79 Å². The maximum atomic E-state index is 11.6. The van der Waals surface area contributed by atoms with Gasteiger partial charge in [-0.1, -0.05) is 0 Å². The lowest BCUT2D eigenvalue weighted by atomic mass is 10.2. The molecule has 0 spiro atoms. The maximum Gasteiger partial charge on any atom is 0.317 e. The lowest BCUT2D eigenvalue weighted by molar-refractivity contribution is 0.209. The van der Waals surface area contributed by atoms with Crippen LogP contribution in [0.5, 0.6) is 0 Å². The number of hydrogen-bond acceptors (Lipinski definition) is 2. The van der Waals surface area contributed by atoms with Crippen molar-refractivity contribution in [2.75, 3.05) is 19.6 Å². The number of thiophene rings is 1. The molecule has 1 aliphatic rings. The van der Waals surface area contributed by atoms with Crippen molar-refractivity contribution in [1.29, 1.82) is 0 Å². The molecule has 0 atom stereocenters. The standard InChI is InChI=1S/C11H16N2OS/c14-11(13-6-1-2-7-13)12-5-3-10-4-8-15-9-10/h4,8-9H,1-3,5-7H2,(H,12,14). The Hall–Kier alpha value is -1.03. The molecular weight excluding hydrogens is 208 g/mol. The first-order chi connectivity index (χ1) is 7.36. The van der Waals surface area contributed by atoms with Crippen LogP contribution in [0, 0.1) is 0 Å². The van der Waals surface area contributed by atoms with Crippen LogP contribution >= 0.6 is 11.3 Å². The fourth-order valence-corrected chi connectivity index (χ4v) is 2.48. The number of amides is 2. The zero-order valence-corrected chi connectivity index (χ0v) is 9.55. The minimum Gasteiger partial charge on any atom is -0.338 e. The Bertz CT molecular complexity index is 304. The highest BCUT2D eigenvalue weighted by Gasteiger charge is 2.16. The van der Waals surface area contributed by atoms with E-state index in [1.807, 2.05) is 4.90 Å². The van der Waals surface area contributed by atoms with Gasteiger partial charge in [0.2, 0.25) is 0 Å². The summed E-state index contributed by atoms with van der Waals surface area (Å²) < 4.78 is 0. The monoisotopic (exact) mass is 224 g/mol. The third-order valence-corrected chi connectivity index (χ3v) is 3.40. The summed E-state index contributed by atoms with van der Waals surface area (Å²) >= 11 is 1.70. The van der Waals surface area contributed by atoms with Crippen LogP contribution in [0.15, 0.2) is 16.8 Å². The summed E-state index contributed by atoms with van der Waals surface area (Å²) in [4.78, 5) is 13.5. The average molecular weight is 224 g/mol. The Morgan fingerprint density at radius 1 is 1.47 bits per heavy atom. The van der Waals surface area contributed by atoms with E-state index < -0.39 is 0 Å². The fourth-order valence-electron chi connectivity index (χ4n) is 1.78. The Balaban J connectivity index is 1.67. The Kier molecular flexibility index (Phi) is 3.61. The van der Waals surface area contributed by atoms with Gasteiger partial charge in [0.25, 0.3) is 0 Å². The molecule has 15 heavy (non-hydrogen) atoms. The summed E-state index contributed by atoms with van der Waals surface area (Å²) in [5, 5.41) is 7.15. The van der Waals surface area contributed by atoms with Gasteiger partial charge in [-0.15, -0.1) is 0 Å². The number of urea groups is 1. The second-order valence-corrected chi connectivity index (χ2v) is 4.59. The van der Waals surface area contributed by atoms with Crippen molar-refractivity contribution in [3.8, 4) is 0 Å².